The van der Waals surface area contributed by atoms with Gasteiger partial charge in [0.05, 0.1) is 6.10 Å². The summed E-state index contributed by atoms with van der Waals surface area (Å²) < 4.78 is 5.32. The Morgan fingerprint density at radius 3 is 3.00 bits per heavy atom. The number of rotatable bonds is 3. The molecule has 2 rings (SSSR count). The molecule has 0 aliphatic carbocycles. The van der Waals surface area contributed by atoms with Crippen LogP contribution in [-0.4, -0.2) is 32.3 Å². The summed E-state index contributed by atoms with van der Waals surface area (Å²) in [6.45, 7) is 3.91. The summed E-state index contributed by atoms with van der Waals surface area (Å²) in [5.41, 5.74) is 8.74. The Labute approximate surface area is 97.2 Å². The van der Waals surface area contributed by atoms with Crippen molar-refractivity contribution in [1.29, 1.82) is 0 Å². The molecule has 0 bridgehead atoms. The Bertz CT molecular complexity index is 354. The SMILES string of the molecule is COC(C)CN1CC(N)Cc2ccccc21. The number of nitrogens with two attached hydrogens (primary N) is 1. The Kier molecular flexibility index (Phi) is 3.46. The van der Waals surface area contributed by atoms with Gasteiger partial charge in [0.25, 0.3) is 0 Å². The van der Waals surface area contributed by atoms with E-state index in [1.807, 2.05) is 0 Å². The van der Waals surface area contributed by atoms with Crippen molar-refractivity contribution in [2.75, 3.05) is 25.1 Å². The van der Waals surface area contributed by atoms with Crippen molar-refractivity contribution in [2.45, 2.75) is 25.5 Å². The largest absolute Gasteiger partial charge is 0.380 e. The fraction of sp³-hybridized carbons (Fsp3) is 0.538. The number of hydrogen-bond acceptors (Lipinski definition) is 3. The minimum absolute atomic E-state index is 0.235. The van der Waals surface area contributed by atoms with Crippen LogP contribution in [0, 0.1) is 0 Å². The normalized spacial score (nSPS) is 21.7. The molecule has 1 aliphatic rings. The molecule has 0 amide bonds. The Morgan fingerprint density at radius 1 is 1.50 bits per heavy atom. The summed E-state index contributed by atoms with van der Waals surface area (Å²) >= 11 is 0. The van der Waals surface area contributed by atoms with Gasteiger partial charge < -0.3 is 15.4 Å². The van der Waals surface area contributed by atoms with Crippen LogP contribution in [0.4, 0.5) is 5.69 Å². The Hall–Kier alpha value is -1.06. The van der Waals surface area contributed by atoms with Crippen LogP contribution in [0.15, 0.2) is 24.3 Å². The van der Waals surface area contributed by atoms with Crippen LogP contribution in [0.3, 0.4) is 0 Å². The van der Waals surface area contributed by atoms with Gasteiger partial charge in [-0.05, 0) is 25.0 Å². The molecule has 2 N–H and O–H groups in total. The third-order valence-electron chi connectivity index (χ3n) is 3.15. The summed E-state index contributed by atoms with van der Waals surface area (Å²) in [4.78, 5) is 2.33. The average Bonchev–Trinajstić information content (AvgIpc) is 2.28. The van der Waals surface area contributed by atoms with Crippen molar-refractivity contribution in [2.24, 2.45) is 5.73 Å². The first-order valence-electron chi connectivity index (χ1n) is 5.82. The van der Waals surface area contributed by atoms with E-state index in [1.54, 1.807) is 7.11 Å². The lowest BCUT2D eigenvalue weighted by atomic mass is 9.98. The summed E-state index contributed by atoms with van der Waals surface area (Å²) in [5, 5.41) is 0. The molecular formula is C13H20N2O. The molecule has 3 nitrogen and oxygen atoms in total. The summed E-state index contributed by atoms with van der Waals surface area (Å²) in [5.74, 6) is 0. The zero-order valence-electron chi connectivity index (χ0n) is 10.0. The first-order chi connectivity index (χ1) is 7.70. The molecule has 1 heterocycles. The number of hydrogen-bond donors (Lipinski definition) is 1. The van der Waals surface area contributed by atoms with E-state index in [2.05, 4.69) is 36.1 Å². The van der Waals surface area contributed by atoms with Gasteiger partial charge in [0.15, 0.2) is 0 Å². The molecule has 0 fully saturated rings. The van der Waals surface area contributed by atoms with Gasteiger partial charge in [0.1, 0.15) is 0 Å². The molecule has 0 saturated heterocycles. The molecule has 3 heteroatoms. The summed E-state index contributed by atoms with van der Waals surface area (Å²) in [6.07, 6.45) is 1.21. The topological polar surface area (TPSA) is 38.5 Å². The highest BCUT2D eigenvalue weighted by Gasteiger charge is 2.22. The monoisotopic (exact) mass is 220 g/mol. The fourth-order valence-corrected chi connectivity index (χ4v) is 2.28. The van der Waals surface area contributed by atoms with E-state index < -0.39 is 0 Å². The van der Waals surface area contributed by atoms with Crippen molar-refractivity contribution in [3.63, 3.8) is 0 Å². The second-order valence-electron chi connectivity index (χ2n) is 4.54. The minimum Gasteiger partial charge on any atom is -0.380 e. The van der Waals surface area contributed by atoms with E-state index in [1.165, 1.54) is 11.3 Å². The van der Waals surface area contributed by atoms with Gasteiger partial charge in [0, 0.05) is 31.9 Å². The predicted octanol–water partition coefficient (Wildman–Crippen LogP) is 1.41. The molecule has 1 aromatic rings. The van der Waals surface area contributed by atoms with Gasteiger partial charge in [-0.3, -0.25) is 0 Å². The zero-order chi connectivity index (χ0) is 11.5. The second kappa shape index (κ2) is 4.85. The highest BCUT2D eigenvalue weighted by molar-refractivity contribution is 5.56. The highest BCUT2D eigenvalue weighted by atomic mass is 16.5. The first-order valence-corrected chi connectivity index (χ1v) is 5.82. The van der Waals surface area contributed by atoms with Gasteiger partial charge in [-0.25, -0.2) is 0 Å². The average molecular weight is 220 g/mol. The fourth-order valence-electron chi connectivity index (χ4n) is 2.28. The molecule has 2 atom stereocenters. The van der Waals surface area contributed by atoms with Crippen LogP contribution in [0.2, 0.25) is 0 Å². The van der Waals surface area contributed by atoms with E-state index in [9.17, 15) is 0 Å². The van der Waals surface area contributed by atoms with Crippen LogP contribution in [0.25, 0.3) is 0 Å². The van der Waals surface area contributed by atoms with E-state index in [4.69, 9.17) is 10.5 Å². The van der Waals surface area contributed by atoms with Crippen LogP contribution in [0.1, 0.15) is 12.5 Å². The highest BCUT2D eigenvalue weighted by Crippen LogP contribution is 2.26. The molecule has 1 aliphatic heterocycles. The van der Waals surface area contributed by atoms with Gasteiger partial charge in [-0.2, -0.15) is 0 Å². The third-order valence-corrected chi connectivity index (χ3v) is 3.15. The maximum Gasteiger partial charge on any atom is 0.0718 e. The zero-order valence-corrected chi connectivity index (χ0v) is 10.0. The summed E-state index contributed by atoms with van der Waals surface area (Å²) in [6, 6.07) is 8.73. The van der Waals surface area contributed by atoms with Gasteiger partial charge in [-0.1, -0.05) is 18.2 Å². The Morgan fingerprint density at radius 2 is 2.25 bits per heavy atom. The molecule has 2 unspecified atom stereocenters. The van der Waals surface area contributed by atoms with Gasteiger partial charge in [0.2, 0.25) is 0 Å². The standard InChI is InChI=1S/C13H20N2O/c1-10(16-2)8-15-9-12(14)7-11-5-3-4-6-13(11)15/h3-6,10,12H,7-9,14H2,1-2H3. The molecule has 0 radical (unpaired) electrons. The van der Waals surface area contributed by atoms with E-state index in [0.29, 0.717) is 0 Å². The Balaban J connectivity index is 2.20. The quantitative estimate of drug-likeness (QED) is 0.837. The second-order valence-corrected chi connectivity index (χ2v) is 4.54. The van der Waals surface area contributed by atoms with Crippen molar-refractivity contribution >= 4 is 5.69 Å². The number of anilines is 1. The number of nitrogens with zero attached hydrogens (tertiary/aromatic N) is 1. The maximum atomic E-state index is 6.07. The van der Waals surface area contributed by atoms with Crippen LogP contribution >= 0.6 is 0 Å². The van der Waals surface area contributed by atoms with Crippen LogP contribution in [0.5, 0.6) is 0 Å². The predicted molar refractivity (Wildman–Crippen MR) is 66.8 cm³/mol. The van der Waals surface area contributed by atoms with Gasteiger partial charge >= 0.3 is 0 Å². The van der Waals surface area contributed by atoms with E-state index in [0.717, 1.165) is 19.5 Å². The molecule has 16 heavy (non-hydrogen) atoms. The number of methoxy groups -OCH3 is 1. The number of para-hydroxylation sites is 1. The van der Waals surface area contributed by atoms with Crippen molar-refractivity contribution in [3.8, 4) is 0 Å². The first kappa shape index (κ1) is 11.4. The number of benzene rings is 1. The summed E-state index contributed by atoms with van der Waals surface area (Å²) in [7, 11) is 1.75. The number of ether oxygens (including phenoxy) is 1. The minimum atomic E-state index is 0.235. The lowest BCUT2D eigenvalue weighted by Crippen LogP contribution is -2.46. The molecule has 0 spiro atoms. The molecule has 1 aromatic carbocycles. The molecule has 0 aromatic heterocycles. The van der Waals surface area contributed by atoms with Crippen molar-refractivity contribution in [3.05, 3.63) is 29.8 Å². The van der Waals surface area contributed by atoms with E-state index in [-0.39, 0.29) is 12.1 Å². The van der Waals surface area contributed by atoms with E-state index >= 15 is 0 Å². The molecular weight excluding hydrogens is 200 g/mol. The third kappa shape index (κ3) is 2.36. The van der Waals surface area contributed by atoms with Crippen molar-refractivity contribution < 1.29 is 4.74 Å². The van der Waals surface area contributed by atoms with Gasteiger partial charge in [-0.15, -0.1) is 0 Å². The molecule has 88 valence electrons. The lowest BCUT2D eigenvalue weighted by molar-refractivity contribution is 0.122. The van der Waals surface area contributed by atoms with Crippen molar-refractivity contribution in [1.82, 2.24) is 0 Å². The number of fused-ring (bicyclic) bond motifs is 1. The van der Waals surface area contributed by atoms with Crippen LogP contribution in [-0.2, 0) is 11.2 Å². The van der Waals surface area contributed by atoms with Crippen LogP contribution < -0.4 is 10.6 Å². The molecule has 0 saturated carbocycles. The smallest absolute Gasteiger partial charge is 0.0718 e. The lowest BCUT2D eigenvalue weighted by Gasteiger charge is -2.35. The maximum absolute atomic E-state index is 6.07.